The second kappa shape index (κ2) is 5.39. The molecule has 0 radical (unpaired) electrons. The van der Waals surface area contributed by atoms with Crippen molar-refractivity contribution in [3.8, 4) is 11.5 Å². The Morgan fingerprint density at radius 2 is 1.62 bits per heavy atom. The van der Waals surface area contributed by atoms with Crippen molar-refractivity contribution in [2.24, 2.45) is 0 Å². The first-order valence-corrected chi connectivity index (χ1v) is 4.80. The number of fused-ring (bicyclic) bond motifs is 1. The van der Waals surface area contributed by atoms with Gasteiger partial charge in [0.05, 0.1) is 0 Å². The molecule has 1 heterocycles. The minimum absolute atomic E-state index is 0. The van der Waals surface area contributed by atoms with E-state index < -0.39 is 5.79 Å². The van der Waals surface area contributed by atoms with Crippen molar-refractivity contribution in [1.29, 1.82) is 0 Å². The number of hydrogen-bond acceptors (Lipinski definition) is 2. The van der Waals surface area contributed by atoms with Crippen LogP contribution in [-0.4, -0.2) is 28.8 Å². The molecule has 2 nitrogen and oxygen atoms in total. The van der Waals surface area contributed by atoms with Crippen molar-refractivity contribution in [2.75, 3.05) is 0 Å². The Kier molecular flexibility index (Phi) is 5.30. The molecule has 0 N–H and O–H groups in total. The van der Waals surface area contributed by atoms with E-state index in [9.17, 15) is 0 Å². The molecule has 0 fully saturated rings. The molecule has 16 heavy (non-hydrogen) atoms. The van der Waals surface area contributed by atoms with E-state index in [-0.39, 0.29) is 35.5 Å². The fourth-order valence-electron chi connectivity index (χ4n) is 1.53. The second-order valence-corrected chi connectivity index (χ2v) is 4.27. The van der Waals surface area contributed by atoms with Crippen LogP contribution in [0, 0.1) is 5.92 Å². The average molecular weight is 251 g/mol. The summed E-state index contributed by atoms with van der Waals surface area (Å²) in [7, 11) is 0. The van der Waals surface area contributed by atoms with Crippen molar-refractivity contribution < 1.29 is 21.9 Å². The normalized spacial score (nSPS) is 14.8. The van der Waals surface area contributed by atoms with Crippen LogP contribution in [-0.2, 0) is 0 Å². The molecule has 4 heteroatoms. The third-order valence-corrected chi connectivity index (χ3v) is 2.23. The number of rotatable bonds is 1. The molecular weight excluding hydrogens is 236 g/mol. The number of hydrogen-bond donors (Lipinski definition) is 0. The van der Waals surface area contributed by atoms with Crippen molar-refractivity contribution in [1.82, 2.24) is 0 Å². The van der Waals surface area contributed by atoms with E-state index in [0.717, 1.165) is 11.5 Å². The summed E-state index contributed by atoms with van der Waals surface area (Å²) in [4.78, 5) is 0. The van der Waals surface area contributed by atoms with Crippen LogP contribution in [0.15, 0.2) is 18.2 Å². The predicted octanol–water partition coefficient (Wildman–Crippen LogP) is -0.221. The second-order valence-electron chi connectivity index (χ2n) is 4.27. The van der Waals surface area contributed by atoms with Gasteiger partial charge < -0.3 is 21.9 Å². The van der Waals surface area contributed by atoms with Crippen LogP contribution in [0.3, 0.4) is 0 Å². The first-order valence-electron chi connectivity index (χ1n) is 4.80. The molecule has 0 atom stereocenters. The number of ether oxygens (including phenoxy) is 2. The van der Waals surface area contributed by atoms with Crippen molar-refractivity contribution in [3.05, 3.63) is 29.7 Å². The first-order chi connectivity index (χ1) is 6.48. The SMILES string of the molecule is C[C-](C)c1ccc2c(c1)OC(C)(C)O2.[Cl-].[Mg+2]. The van der Waals surface area contributed by atoms with Crippen LogP contribution in [0.4, 0.5) is 0 Å². The number of halogens is 1. The maximum atomic E-state index is 5.65. The number of benzene rings is 1. The van der Waals surface area contributed by atoms with Gasteiger partial charge in [-0.3, -0.25) is 0 Å². The predicted molar refractivity (Wildman–Crippen MR) is 61.2 cm³/mol. The van der Waals surface area contributed by atoms with Gasteiger partial charge in [0.1, 0.15) is 11.5 Å². The van der Waals surface area contributed by atoms with Gasteiger partial charge in [-0.05, 0) is 0 Å². The molecule has 0 saturated carbocycles. The standard InChI is InChI=1S/C12H15O2.ClH.Mg/c1-8(2)9-5-6-10-11(7-9)14-12(3,4)13-10;;/h5-7H,1-4H3;1H;/q-1;;+2/p-1. The Morgan fingerprint density at radius 1 is 1.06 bits per heavy atom. The molecule has 0 unspecified atom stereocenters. The van der Waals surface area contributed by atoms with E-state index in [2.05, 4.69) is 19.9 Å². The van der Waals surface area contributed by atoms with Gasteiger partial charge >= 0.3 is 23.1 Å². The van der Waals surface area contributed by atoms with Gasteiger partial charge in [-0.15, -0.1) is 6.07 Å². The minimum atomic E-state index is -0.525. The molecule has 0 saturated heterocycles. The molecule has 1 aliphatic rings. The maximum Gasteiger partial charge on any atom is 2.00 e. The molecule has 2 rings (SSSR count). The zero-order chi connectivity index (χ0) is 10.3. The van der Waals surface area contributed by atoms with Gasteiger partial charge in [-0.2, -0.15) is 17.5 Å². The van der Waals surface area contributed by atoms with Gasteiger partial charge in [0.2, 0.25) is 5.79 Å². The molecule has 1 aliphatic heterocycles. The zero-order valence-corrected chi connectivity index (χ0v) is 12.3. The molecular formula is C12H15ClMgO2. The topological polar surface area (TPSA) is 18.5 Å². The van der Waals surface area contributed by atoms with Crippen LogP contribution < -0.4 is 21.9 Å². The Bertz CT molecular complexity index is 364. The van der Waals surface area contributed by atoms with Crippen LogP contribution in [0.5, 0.6) is 11.5 Å². The van der Waals surface area contributed by atoms with Gasteiger partial charge in [0, 0.05) is 13.8 Å². The van der Waals surface area contributed by atoms with Gasteiger partial charge in [-0.1, -0.05) is 19.9 Å². The summed E-state index contributed by atoms with van der Waals surface area (Å²) in [5.74, 6) is 2.43. The summed E-state index contributed by atoms with van der Waals surface area (Å²) >= 11 is 0. The van der Waals surface area contributed by atoms with E-state index >= 15 is 0 Å². The van der Waals surface area contributed by atoms with E-state index in [1.54, 1.807) is 0 Å². The van der Waals surface area contributed by atoms with Gasteiger partial charge in [0.15, 0.2) is 0 Å². The average Bonchev–Trinajstić information content (AvgIpc) is 2.36. The van der Waals surface area contributed by atoms with E-state index in [4.69, 9.17) is 9.47 Å². The van der Waals surface area contributed by atoms with Gasteiger partial charge in [0.25, 0.3) is 0 Å². The summed E-state index contributed by atoms with van der Waals surface area (Å²) in [5, 5.41) is 0. The summed E-state index contributed by atoms with van der Waals surface area (Å²) in [6.07, 6.45) is 0. The fraction of sp³-hybridized carbons (Fsp3) is 0.417. The van der Waals surface area contributed by atoms with Crippen LogP contribution in [0.2, 0.25) is 0 Å². The molecule has 84 valence electrons. The Balaban J connectivity index is 0.00000112. The molecule has 0 aliphatic carbocycles. The molecule has 0 bridgehead atoms. The van der Waals surface area contributed by atoms with E-state index in [1.807, 2.05) is 26.0 Å². The third kappa shape index (κ3) is 3.12. The summed E-state index contributed by atoms with van der Waals surface area (Å²) in [6.45, 7) is 8.00. The van der Waals surface area contributed by atoms with E-state index in [1.165, 1.54) is 11.5 Å². The molecule has 0 spiro atoms. The largest absolute Gasteiger partial charge is 2.00 e. The molecule has 0 aromatic heterocycles. The van der Waals surface area contributed by atoms with Crippen LogP contribution in [0.25, 0.3) is 0 Å². The zero-order valence-electron chi connectivity index (χ0n) is 10.1. The Morgan fingerprint density at radius 3 is 2.19 bits per heavy atom. The van der Waals surface area contributed by atoms with E-state index in [0.29, 0.717) is 0 Å². The molecule has 1 aromatic carbocycles. The fourth-order valence-corrected chi connectivity index (χ4v) is 1.53. The quantitative estimate of drug-likeness (QED) is 0.507. The van der Waals surface area contributed by atoms with Crippen LogP contribution in [0.1, 0.15) is 33.3 Å². The Hall–Kier alpha value is -0.254. The van der Waals surface area contributed by atoms with Gasteiger partial charge in [-0.25, -0.2) is 0 Å². The van der Waals surface area contributed by atoms with Crippen LogP contribution >= 0.6 is 0 Å². The minimum Gasteiger partial charge on any atom is -1.00 e. The summed E-state index contributed by atoms with van der Waals surface area (Å²) < 4.78 is 11.2. The molecule has 1 aromatic rings. The van der Waals surface area contributed by atoms with Crippen molar-refractivity contribution in [2.45, 2.75) is 33.5 Å². The molecule has 0 amide bonds. The Labute approximate surface area is 119 Å². The summed E-state index contributed by atoms with van der Waals surface area (Å²) in [6, 6.07) is 6.05. The maximum absolute atomic E-state index is 5.65. The van der Waals surface area contributed by atoms with Crippen molar-refractivity contribution >= 4 is 23.1 Å². The monoisotopic (exact) mass is 250 g/mol. The first kappa shape index (κ1) is 15.7. The smallest absolute Gasteiger partial charge is 1.00 e. The third-order valence-electron chi connectivity index (χ3n) is 2.23. The van der Waals surface area contributed by atoms with Crippen molar-refractivity contribution in [3.63, 3.8) is 0 Å². The summed E-state index contributed by atoms with van der Waals surface area (Å²) in [5.41, 5.74) is 1.20.